The molecule has 258 valence electrons. The van der Waals surface area contributed by atoms with Gasteiger partial charge in [-0.1, -0.05) is 30.3 Å². The number of carboxylic acid groups (broad SMARTS) is 2. The molecular weight excluding hydrogens is 761 g/mol. The van der Waals surface area contributed by atoms with Gasteiger partial charge in [0.25, 0.3) is 0 Å². The van der Waals surface area contributed by atoms with E-state index in [1.165, 1.54) is 30.3 Å². The summed E-state index contributed by atoms with van der Waals surface area (Å²) in [5.41, 5.74) is 2.57. The van der Waals surface area contributed by atoms with E-state index in [4.69, 9.17) is 0 Å². The average Bonchev–Trinajstić information content (AvgIpc) is 3.13. The average molecular weight is 783 g/mol. The molecule has 6 rings (SSSR count). The first-order valence-electron chi connectivity index (χ1n) is 14.9. The monoisotopic (exact) mass is 782 g/mol. The Kier molecular flexibility index (Phi) is 16.1. The van der Waals surface area contributed by atoms with E-state index in [0.29, 0.717) is 22.4 Å². The molecule has 0 radical (unpaired) electrons. The fourth-order valence-electron chi connectivity index (χ4n) is 4.91. The number of azo groups is 3. The van der Waals surface area contributed by atoms with E-state index in [-0.39, 0.29) is 111 Å². The Balaban J connectivity index is 0.00000271. The molecule has 0 saturated heterocycles. The van der Waals surface area contributed by atoms with Crippen molar-refractivity contribution in [2.45, 2.75) is 4.90 Å². The Hall–Kier alpha value is -4.17. The Bertz CT molecular complexity index is 2590. The number of phenols is 2. The summed E-state index contributed by atoms with van der Waals surface area (Å²) < 4.78 is 35.4. The molecule has 55 heavy (non-hydrogen) atoms. The van der Waals surface area contributed by atoms with Crippen LogP contribution in [0.25, 0.3) is 21.9 Å². The number of benzene rings is 6. The van der Waals surface area contributed by atoms with Crippen molar-refractivity contribution in [2.75, 3.05) is 0 Å². The van der Waals surface area contributed by atoms with Crippen LogP contribution in [0, 0.1) is 0 Å². The summed E-state index contributed by atoms with van der Waals surface area (Å²) in [6.07, 6.45) is 0. The van der Waals surface area contributed by atoms with Crippen LogP contribution in [-0.2, 0) is 10.1 Å². The standard InChI is InChI=1S/C36H24N6O9S.3Na/c43-33-15-9-24(17-29(33)35(45)46)39-37-22-5-1-20(2-6-22)21-3-7-23(8-4-21)38-41-31-13-14-32(28-19-26(52(49,50)51)11-12-27(28)31)42-40-25-10-16-34(44)30(18-25)36(47)48;;;/h1-19,43-44H,(H,45,46)(H,47,48)(H,49,50,51);;;/q;3*+1/p-3. The van der Waals surface area contributed by atoms with Gasteiger partial charge in [0, 0.05) is 21.9 Å². The van der Waals surface area contributed by atoms with E-state index in [1.54, 1.807) is 30.3 Å². The van der Waals surface area contributed by atoms with Gasteiger partial charge in [0.2, 0.25) is 0 Å². The van der Waals surface area contributed by atoms with Crippen LogP contribution >= 0.6 is 0 Å². The summed E-state index contributed by atoms with van der Waals surface area (Å²) in [4.78, 5) is 21.9. The fourth-order valence-corrected chi connectivity index (χ4v) is 5.40. The van der Waals surface area contributed by atoms with Crippen LogP contribution < -0.4 is 98.9 Å². The van der Waals surface area contributed by atoms with Gasteiger partial charge in [0.15, 0.2) is 0 Å². The maximum absolute atomic E-state index is 11.8. The topological polar surface area (TPSA) is 252 Å². The first kappa shape index (κ1) is 45.2. The van der Waals surface area contributed by atoms with Crippen LogP contribution in [0.4, 0.5) is 34.1 Å². The van der Waals surface area contributed by atoms with Crippen molar-refractivity contribution in [2.24, 2.45) is 30.7 Å². The van der Waals surface area contributed by atoms with Gasteiger partial charge in [-0.15, -0.1) is 10.2 Å². The molecule has 2 N–H and O–H groups in total. The van der Waals surface area contributed by atoms with Crippen molar-refractivity contribution in [1.29, 1.82) is 0 Å². The summed E-state index contributed by atoms with van der Waals surface area (Å²) in [5.74, 6) is -4.09. The summed E-state index contributed by atoms with van der Waals surface area (Å²) in [6, 6.07) is 28.1. The van der Waals surface area contributed by atoms with Gasteiger partial charge in [-0.2, -0.15) is 20.5 Å². The zero-order valence-electron chi connectivity index (χ0n) is 29.3. The number of hydrogen-bond donors (Lipinski definition) is 2. The van der Waals surface area contributed by atoms with Gasteiger partial charge in [-0.3, -0.25) is 0 Å². The largest absolute Gasteiger partial charge is 1.00 e. The molecule has 0 amide bonds. The number of aromatic carboxylic acids is 2. The van der Waals surface area contributed by atoms with Crippen molar-refractivity contribution in [3.05, 3.63) is 126 Å². The van der Waals surface area contributed by atoms with Crippen LogP contribution in [0.15, 0.2) is 151 Å². The van der Waals surface area contributed by atoms with Crippen LogP contribution in [-0.4, -0.2) is 35.1 Å². The second-order valence-electron chi connectivity index (χ2n) is 10.9. The van der Waals surface area contributed by atoms with Crippen LogP contribution in [0.3, 0.4) is 0 Å². The predicted octanol–water partition coefficient (Wildman–Crippen LogP) is -2.19. The molecule has 0 heterocycles. The molecule has 0 bridgehead atoms. The zero-order valence-corrected chi connectivity index (χ0v) is 36.1. The number of nitrogens with zero attached hydrogens (tertiary/aromatic N) is 6. The third kappa shape index (κ3) is 11.2. The van der Waals surface area contributed by atoms with Crippen molar-refractivity contribution >= 4 is 67.0 Å². The van der Waals surface area contributed by atoms with Gasteiger partial charge in [0.05, 0.1) is 51.0 Å². The number of rotatable bonds is 10. The second-order valence-corrected chi connectivity index (χ2v) is 12.3. The van der Waals surface area contributed by atoms with Gasteiger partial charge >= 0.3 is 88.7 Å². The fraction of sp³-hybridized carbons (Fsp3) is 0. The first-order valence-corrected chi connectivity index (χ1v) is 16.3. The van der Waals surface area contributed by atoms with E-state index >= 15 is 0 Å². The molecule has 0 aromatic heterocycles. The molecule has 0 aliphatic rings. The number of carbonyl (C=O) groups excluding carboxylic acids is 2. The van der Waals surface area contributed by atoms with E-state index < -0.39 is 49.6 Å². The van der Waals surface area contributed by atoms with Crippen molar-refractivity contribution < 1.29 is 132 Å². The quantitative estimate of drug-likeness (QED) is 0.0869. The predicted molar refractivity (Wildman–Crippen MR) is 181 cm³/mol. The molecule has 0 saturated carbocycles. The number of carbonyl (C=O) groups is 2. The third-order valence-electron chi connectivity index (χ3n) is 7.53. The molecule has 0 aliphatic carbocycles. The maximum atomic E-state index is 11.8. The third-order valence-corrected chi connectivity index (χ3v) is 8.36. The van der Waals surface area contributed by atoms with Gasteiger partial charge < -0.3 is 34.6 Å². The minimum atomic E-state index is -4.83. The van der Waals surface area contributed by atoms with Crippen molar-refractivity contribution in [3.63, 3.8) is 0 Å². The van der Waals surface area contributed by atoms with Crippen molar-refractivity contribution in [3.8, 4) is 22.6 Å². The number of aromatic hydroxyl groups is 2. The van der Waals surface area contributed by atoms with Crippen LogP contribution in [0.5, 0.6) is 11.5 Å². The molecule has 0 fully saturated rings. The smallest absolute Gasteiger partial charge is 0.744 e. The van der Waals surface area contributed by atoms with Gasteiger partial charge in [0.1, 0.15) is 21.6 Å². The molecule has 19 heteroatoms. The Morgan fingerprint density at radius 2 is 0.855 bits per heavy atom. The molecule has 0 unspecified atom stereocenters. The van der Waals surface area contributed by atoms with E-state index in [1.807, 2.05) is 24.3 Å². The number of hydrogen-bond acceptors (Lipinski definition) is 15. The van der Waals surface area contributed by atoms with E-state index in [9.17, 15) is 43.0 Å². The molecule has 6 aromatic carbocycles. The zero-order chi connectivity index (χ0) is 37.0. The minimum absolute atomic E-state index is 0. The minimum Gasteiger partial charge on any atom is -0.744 e. The van der Waals surface area contributed by atoms with Gasteiger partial charge in [-0.05, 0) is 96.1 Å². The molecule has 0 aliphatic heterocycles. The Morgan fingerprint density at radius 3 is 1.29 bits per heavy atom. The SMILES string of the molecule is O=C([O-])c1cc(N=Nc2ccc(-c3ccc(N=Nc4ccc(N=Nc5ccc(O)c(C(=O)[O-])c5)c5cc(S(=O)(=O)[O-])ccc45)cc3)cc2)ccc1O.[Na+].[Na+].[Na+]. The summed E-state index contributed by atoms with van der Waals surface area (Å²) >= 11 is 0. The first-order chi connectivity index (χ1) is 24.9. The van der Waals surface area contributed by atoms with Crippen LogP contribution in [0.1, 0.15) is 20.7 Å². The van der Waals surface area contributed by atoms with E-state index in [2.05, 4.69) is 30.7 Å². The van der Waals surface area contributed by atoms with Crippen LogP contribution in [0.2, 0.25) is 0 Å². The van der Waals surface area contributed by atoms with Crippen molar-refractivity contribution in [1.82, 2.24) is 0 Å². The number of carboxylic acids is 2. The number of fused-ring (bicyclic) bond motifs is 1. The molecule has 6 aromatic rings. The molecule has 0 spiro atoms. The van der Waals surface area contributed by atoms with E-state index in [0.717, 1.165) is 41.5 Å². The Labute approximate surface area is 379 Å². The summed E-state index contributed by atoms with van der Waals surface area (Å²) in [6.45, 7) is 0. The van der Waals surface area contributed by atoms with Gasteiger partial charge in [-0.25, -0.2) is 8.42 Å². The Morgan fingerprint density at radius 1 is 0.473 bits per heavy atom. The molecular formula is C36H21N6Na3O9S. The second kappa shape index (κ2) is 19.6. The molecule has 15 nitrogen and oxygen atoms in total. The summed E-state index contributed by atoms with van der Waals surface area (Å²) in [7, 11) is -4.83. The summed E-state index contributed by atoms with van der Waals surface area (Å²) in [5, 5.41) is 67.2. The normalized spacial score (nSPS) is 11.3. The maximum Gasteiger partial charge on any atom is 1.00 e. The molecule has 0 atom stereocenters.